The predicted molar refractivity (Wildman–Crippen MR) is 64.2 cm³/mol. The van der Waals surface area contributed by atoms with Crippen LogP contribution in [0.4, 0.5) is 0 Å². The third-order valence-corrected chi connectivity index (χ3v) is 2.45. The lowest BCUT2D eigenvalue weighted by Crippen LogP contribution is -1.97. The van der Waals surface area contributed by atoms with Crippen LogP contribution in [-0.2, 0) is 13.0 Å². The topological polar surface area (TPSA) is 48.2 Å². The molecule has 0 radical (unpaired) electrons. The minimum absolute atomic E-state index is 0.278. The monoisotopic (exact) mass is 252 g/mol. The second-order valence-electron chi connectivity index (χ2n) is 3.58. The number of para-hydroxylation sites is 1. The van der Waals surface area contributed by atoms with Crippen molar-refractivity contribution in [3.63, 3.8) is 0 Å². The number of benzene rings is 1. The zero-order valence-corrected chi connectivity index (χ0v) is 10.3. The van der Waals surface area contributed by atoms with Gasteiger partial charge in [-0.05, 0) is 18.6 Å². The zero-order chi connectivity index (χ0) is 12.1. The fourth-order valence-corrected chi connectivity index (χ4v) is 1.55. The van der Waals surface area contributed by atoms with Crippen LogP contribution in [0.2, 0.25) is 0 Å². The molecule has 1 heterocycles. The molecule has 90 valence electrons. The number of aryl methyl sites for hydroxylation is 2. The van der Waals surface area contributed by atoms with Crippen molar-refractivity contribution in [3.8, 4) is 5.75 Å². The second-order valence-corrected chi connectivity index (χ2v) is 3.96. The highest BCUT2D eigenvalue weighted by Crippen LogP contribution is 2.17. The molecule has 0 bridgehead atoms. The molecule has 1 aromatic carbocycles. The van der Waals surface area contributed by atoms with Crippen molar-refractivity contribution >= 4 is 11.6 Å². The van der Waals surface area contributed by atoms with E-state index in [0.29, 0.717) is 24.1 Å². The SMILES string of the molecule is Cc1ccccc1OCc1nnc(CCCl)o1. The first-order chi connectivity index (χ1) is 8.29. The van der Waals surface area contributed by atoms with Gasteiger partial charge in [0.2, 0.25) is 5.89 Å². The highest BCUT2D eigenvalue weighted by molar-refractivity contribution is 6.17. The summed E-state index contributed by atoms with van der Waals surface area (Å²) in [6.45, 7) is 2.27. The Morgan fingerprint density at radius 2 is 2.00 bits per heavy atom. The summed E-state index contributed by atoms with van der Waals surface area (Å²) in [5, 5.41) is 7.74. The van der Waals surface area contributed by atoms with Gasteiger partial charge in [0.1, 0.15) is 5.75 Å². The van der Waals surface area contributed by atoms with Crippen molar-refractivity contribution in [3.05, 3.63) is 41.6 Å². The molecule has 0 aliphatic heterocycles. The summed E-state index contributed by atoms with van der Waals surface area (Å²) in [7, 11) is 0. The van der Waals surface area contributed by atoms with Gasteiger partial charge in [0.25, 0.3) is 5.89 Å². The Morgan fingerprint density at radius 3 is 2.76 bits per heavy atom. The molecule has 0 N–H and O–H groups in total. The van der Waals surface area contributed by atoms with Crippen LogP contribution in [0.3, 0.4) is 0 Å². The average Bonchev–Trinajstić information content (AvgIpc) is 2.76. The van der Waals surface area contributed by atoms with E-state index in [9.17, 15) is 0 Å². The minimum Gasteiger partial charge on any atom is -0.484 e. The summed E-state index contributed by atoms with van der Waals surface area (Å²) in [6, 6.07) is 7.79. The van der Waals surface area contributed by atoms with Gasteiger partial charge in [0.15, 0.2) is 6.61 Å². The summed E-state index contributed by atoms with van der Waals surface area (Å²) in [5.74, 6) is 2.31. The van der Waals surface area contributed by atoms with E-state index >= 15 is 0 Å². The third kappa shape index (κ3) is 3.20. The summed E-state index contributed by atoms with van der Waals surface area (Å²) >= 11 is 5.58. The van der Waals surface area contributed by atoms with E-state index in [-0.39, 0.29) is 6.61 Å². The Bertz CT molecular complexity index is 485. The number of hydrogen-bond donors (Lipinski definition) is 0. The van der Waals surface area contributed by atoms with Gasteiger partial charge in [0, 0.05) is 12.3 Å². The van der Waals surface area contributed by atoms with Crippen molar-refractivity contribution in [2.75, 3.05) is 5.88 Å². The molecular formula is C12H13ClN2O2. The average molecular weight is 253 g/mol. The van der Waals surface area contributed by atoms with Crippen LogP contribution in [-0.4, -0.2) is 16.1 Å². The van der Waals surface area contributed by atoms with Crippen molar-refractivity contribution in [2.45, 2.75) is 20.0 Å². The Labute approximate surface area is 105 Å². The van der Waals surface area contributed by atoms with Crippen LogP contribution in [0.15, 0.2) is 28.7 Å². The van der Waals surface area contributed by atoms with Gasteiger partial charge in [-0.25, -0.2) is 0 Å². The summed E-state index contributed by atoms with van der Waals surface area (Å²) in [4.78, 5) is 0. The summed E-state index contributed by atoms with van der Waals surface area (Å²) in [5.41, 5.74) is 1.08. The molecule has 0 unspecified atom stereocenters. The molecule has 0 aliphatic rings. The maximum atomic E-state index is 5.59. The van der Waals surface area contributed by atoms with Crippen LogP contribution in [0, 0.1) is 6.92 Å². The summed E-state index contributed by atoms with van der Waals surface area (Å²) in [6.07, 6.45) is 0.582. The van der Waals surface area contributed by atoms with Crippen LogP contribution >= 0.6 is 11.6 Å². The molecule has 0 aliphatic carbocycles. The molecule has 0 saturated heterocycles. The normalized spacial score (nSPS) is 10.5. The number of halogens is 1. The molecule has 0 spiro atoms. The lowest BCUT2D eigenvalue weighted by atomic mass is 10.2. The van der Waals surface area contributed by atoms with Gasteiger partial charge in [-0.3, -0.25) is 0 Å². The van der Waals surface area contributed by atoms with Crippen molar-refractivity contribution in [2.24, 2.45) is 0 Å². The molecule has 0 saturated carbocycles. The maximum absolute atomic E-state index is 5.59. The van der Waals surface area contributed by atoms with E-state index in [2.05, 4.69) is 10.2 Å². The smallest absolute Gasteiger partial charge is 0.253 e. The minimum atomic E-state index is 0.278. The van der Waals surface area contributed by atoms with E-state index in [0.717, 1.165) is 11.3 Å². The van der Waals surface area contributed by atoms with Crippen LogP contribution in [0.1, 0.15) is 17.3 Å². The molecule has 0 fully saturated rings. The number of hydrogen-bond acceptors (Lipinski definition) is 4. The number of rotatable bonds is 5. The number of nitrogens with zero attached hydrogens (tertiary/aromatic N) is 2. The van der Waals surface area contributed by atoms with E-state index in [1.807, 2.05) is 31.2 Å². The van der Waals surface area contributed by atoms with Gasteiger partial charge < -0.3 is 9.15 Å². The largest absolute Gasteiger partial charge is 0.484 e. The number of ether oxygens (including phenoxy) is 1. The molecule has 4 nitrogen and oxygen atoms in total. The first kappa shape index (κ1) is 11.9. The predicted octanol–water partition coefficient (Wildman–Crippen LogP) is 2.74. The molecule has 2 rings (SSSR count). The molecule has 17 heavy (non-hydrogen) atoms. The Balaban J connectivity index is 1.95. The molecule has 5 heteroatoms. The first-order valence-electron chi connectivity index (χ1n) is 5.35. The molecule has 2 aromatic rings. The van der Waals surface area contributed by atoms with Gasteiger partial charge in [-0.1, -0.05) is 18.2 Å². The fraction of sp³-hybridized carbons (Fsp3) is 0.333. The number of alkyl halides is 1. The van der Waals surface area contributed by atoms with E-state index < -0.39 is 0 Å². The molecule has 0 atom stereocenters. The zero-order valence-electron chi connectivity index (χ0n) is 9.52. The standard InChI is InChI=1S/C12H13ClN2O2/c1-9-4-2-3-5-10(9)16-8-12-15-14-11(17-12)6-7-13/h2-5H,6-8H2,1H3. The molecule has 1 aromatic heterocycles. The van der Waals surface area contributed by atoms with Gasteiger partial charge in [-0.2, -0.15) is 0 Å². The Hall–Kier alpha value is -1.55. The quantitative estimate of drug-likeness (QED) is 0.768. The molecular weight excluding hydrogens is 240 g/mol. The lowest BCUT2D eigenvalue weighted by Gasteiger charge is -2.05. The van der Waals surface area contributed by atoms with Crippen LogP contribution in [0.25, 0.3) is 0 Å². The van der Waals surface area contributed by atoms with Gasteiger partial charge in [-0.15, -0.1) is 21.8 Å². The van der Waals surface area contributed by atoms with Crippen molar-refractivity contribution < 1.29 is 9.15 Å². The highest BCUT2D eigenvalue weighted by Gasteiger charge is 2.06. The second kappa shape index (κ2) is 5.68. The van der Waals surface area contributed by atoms with Crippen molar-refractivity contribution in [1.82, 2.24) is 10.2 Å². The fourth-order valence-electron chi connectivity index (χ4n) is 1.39. The van der Waals surface area contributed by atoms with Gasteiger partial charge in [0.05, 0.1) is 0 Å². The van der Waals surface area contributed by atoms with E-state index in [1.165, 1.54) is 0 Å². The maximum Gasteiger partial charge on any atom is 0.253 e. The molecule has 0 amide bonds. The first-order valence-corrected chi connectivity index (χ1v) is 5.88. The van der Waals surface area contributed by atoms with Gasteiger partial charge >= 0.3 is 0 Å². The number of aromatic nitrogens is 2. The summed E-state index contributed by atoms with van der Waals surface area (Å²) < 4.78 is 10.9. The Kier molecular flexibility index (Phi) is 3.98. The lowest BCUT2D eigenvalue weighted by molar-refractivity contribution is 0.258. The Morgan fingerprint density at radius 1 is 1.24 bits per heavy atom. The van der Waals surface area contributed by atoms with Crippen molar-refractivity contribution in [1.29, 1.82) is 0 Å². The third-order valence-electron chi connectivity index (χ3n) is 2.26. The van der Waals surface area contributed by atoms with E-state index in [4.69, 9.17) is 20.8 Å². The van der Waals surface area contributed by atoms with Crippen LogP contribution in [0.5, 0.6) is 5.75 Å². The highest BCUT2D eigenvalue weighted by atomic mass is 35.5. The van der Waals surface area contributed by atoms with Crippen LogP contribution < -0.4 is 4.74 Å². The van der Waals surface area contributed by atoms with E-state index in [1.54, 1.807) is 0 Å².